The molecule has 0 atom stereocenters. The molecule has 3 rings (SSSR count). The number of hydrogen-bond acceptors (Lipinski definition) is 3. The van der Waals surface area contributed by atoms with Gasteiger partial charge >= 0.3 is 0 Å². The second kappa shape index (κ2) is 7.87. The van der Waals surface area contributed by atoms with Crippen molar-refractivity contribution in [3.63, 3.8) is 0 Å². The summed E-state index contributed by atoms with van der Waals surface area (Å²) in [6.07, 6.45) is 5.88. The topological polar surface area (TPSA) is 25.4 Å². The minimum Gasteiger partial charge on any atom is -0.484 e. The van der Waals surface area contributed by atoms with Crippen LogP contribution in [0.2, 0.25) is 5.02 Å². The second-order valence-electron chi connectivity index (χ2n) is 6.54. The molecule has 1 aromatic carbocycles. The highest BCUT2D eigenvalue weighted by atomic mass is 35.5. The number of halogens is 2. The minimum absolute atomic E-state index is 0.0680. The van der Waals surface area contributed by atoms with Crippen molar-refractivity contribution in [2.45, 2.75) is 26.4 Å². The number of hydrogen-bond donors (Lipinski definition) is 0. The van der Waals surface area contributed by atoms with Gasteiger partial charge in [-0.25, -0.2) is 4.39 Å². The SMILES string of the molecule is C=C(c1cncc(COc2c(F)cccc2Cl)c1)N1CCC(C)CC1. The monoisotopic (exact) mass is 360 g/mol. The summed E-state index contributed by atoms with van der Waals surface area (Å²) < 4.78 is 19.3. The summed E-state index contributed by atoms with van der Waals surface area (Å²) >= 11 is 5.99. The van der Waals surface area contributed by atoms with Crippen molar-refractivity contribution in [1.82, 2.24) is 9.88 Å². The maximum Gasteiger partial charge on any atom is 0.174 e. The Hall–Kier alpha value is -2.07. The van der Waals surface area contributed by atoms with Crippen LogP contribution in [0, 0.1) is 11.7 Å². The molecule has 5 heteroatoms. The number of benzene rings is 1. The molecule has 1 fully saturated rings. The van der Waals surface area contributed by atoms with Gasteiger partial charge in [0, 0.05) is 42.3 Å². The smallest absolute Gasteiger partial charge is 0.174 e. The Balaban J connectivity index is 1.68. The van der Waals surface area contributed by atoms with Gasteiger partial charge in [0.2, 0.25) is 0 Å². The molecule has 2 heterocycles. The van der Waals surface area contributed by atoms with E-state index in [4.69, 9.17) is 16.3 Å². The van der Waals surface area contributed by atoms with Gasteiger partial charge in [0.1, 0.15) is 6.61 Å². The number of ether oxygens (including phenoxy) is 1. The Morgan fingerprint density at radius 3 is 2.84 bits per heavy atom. The highest BCUT2D eigenvalue weighted by Gasteiger charge is 2.18. The molecule has 1 aromatic heterocycles. The number of piperidine rings is 1. The Labute approximate surface area is 153 Å². The van der Waals surface area contributed by atoms with Crippen LogP contribution in [0.4, 0.5) is 4.39 Å². The molecule has 1 aliphatic heterocycles. The lowest BCUT2D eigenvalue weighted by atomic mass is 9.98. The van der Waals surface area contributed by atoms with E-state index in [1.807, 2.05) is 6.07 Å². The first-order chi connectivity index (χ1) is 12.0. The van der Waals surface area contributed by atoms with Gasteiger partial charge in [-0.3, -0.25) is 4.98 Å². The maximum absolute atomic E-state index is 13.8. The van der Waals surface area contributed by atoms with Gasteiger partial charge in [-0.15, -0.1) is 0 Å². The number of aromatic nitrogens is 1. The fourth-order valence-corrected chi connectivity index (χ4v) is 3.18. The molecule has 2 aromatic rings. The first-order valence-electron chi connectivity index (χ1n) is 8.49. The number of nitrogens with zero attached hydrogens (tertiary/aromatic N) is 2. The summed E-state index contributed by atoms with van der Waals surface area (Å²) in [5.74, 6) is 0.370. The Kier molecular flexibility index (Phi) is 5.59. The second-order valence-corrected chi connectivity index (χ2v) is 6.94. The predicted molar refractivity (Wildman–Crippen MR) is 99.0 cm³/mol. The van der Waals surface area contributed by atoms with Crippen LogP contribution >= 0.6 is 11.6 Å². The zero-order valence-corrected chi connectivity index (χ0v) is 15.1. The Morgan fingerprint density at radius 2 is 2.12 bits per heavy atom. The van der Waals surface area contributed by atoms with Gasteiger partial charge < -0.3 is 9.64 Å². The van der Waals surface area contributed by atoms with Crippen molar-refractivity contribution in [1.29, 1.82) is 0 Å². The van der Waals surface area contributed by atoms with Gasteiger partial charge in [0.05, 0.1) is 5.02 Å². The van der Waals surface area contributed by atoms with Crippen molar-refractivity contribution in [2.24, 2.45) is 5.92 Å². The standard InChI is InChI=1S/C20H22ClFN2O/c1-14-6-8-24(9-7-14)15(2)17-10-16(11-23-12-17)13-25-20-18(21)4-3-5-19(20)22/h3-5,10-12,14H,2,6-9,13H2,1H3. The summed E-state index contributed by atoms with van der Waals surface area (Å²) in [6.45, 7) is 8.75. The van der Waals surface area contributed by atoms with Gasteiger partial charge in [-0.2, -0.15) is 0 Å². The van der Waals surface area contributed by atoms with E-state index < -0.39 is 5.82 Å². The van der Waals surface area contributed by atoms with Crippen LogP contribution in [0.1, 0.15) is 30.9 Å². The lowest BCUT2D eigenvalue weighted by molar-refractivity contribution is 0.268. The average Bonchev–Trinajstić information content (AvgIpc) is 2.62. The number of rotatable bonds is 5. The van der Waals surface area contributed by atoms with Gasteiger partial charge in [0.25, 0.3) is 0 Å². The Morgan fingerprint density at radius 1 is 1.36 bits per heavy atom. The van der Waals surface area contributed by atoms with E-state index in [0.717, 1.165) is 35.8 Å². The molecule has 0 unspecified atom stereocenters. The van der Waals surface area contributed by atoms with Gasteiger partial charge in [-0.1, -0.05) is 31.2 Å². The molecule has 0 N–H and O–H groups in total. The molecule has 1 saturated heterocycles. The first kappa shape index (κ1) is 17.7. The van der Waals surface area contributed by atoms with E-state index in [-0.39, 0.29) is 17.4 Å². The van der Waals surface area contributed by atoms with Gasteiger partial charge in [-0.05, 0) is 37.0 Å². The third kappa shape index (κ3) is 4.31. The largest absolute Gasteiger partial charge is 0.484 e. The molecular weight excluding hydrogens is 339 g/mol. The van der Waals surface area contributed by atoms with Crippen molar-refractivity contribution in [3.05, 3.63) is 65.2 Å². The van der Waals surface area contributed by atoms with E-state index >= 15 is 0 Å². The number of para-hydroxylation sites is 1. The summed E-state index contributed by atoms with van der Waals surface area (Å²) in [5, 5.41) is 0.260. The lowest BCUT2D eigenvalue weighted by Gasteiger charge is -2.33. The van der Waals surface area contributed by atoms with Crippen LogP contribution in [0.25, 0.3) is 5.70 Å². The highest BCUT2D eigenvalue weighted by molar-refractivity contribution is 6.32. The number of pyridine rings is 1. The molecule has 0 aliphatic carbocycles. The third-order valence-electron chi connectivity index (χ3n) is 4.60. The van der Waals surface area contributed by atoms with Gasteiger partial charge in [0.15, 0.2) is 11.6 Å². The Bertz CT molecular complexity index is 737. The molecule has 0 amide bonds. The first-order valence-corrected chi connectivity index (χ1v) is 8.87. The molecule has 132 valence electrons. The molecule has 1 aliphatic rings. The summed E-state index contributed by atoms with van der Waals surface area (Å²) in [5.41, 5.74) is 2.80. The molecule has 25 heavy (non-hydrogen) atoms. The zero-order chi connectivity index (χ0) is 17.8. The van der Waals surface area contributed by atoms with E-state index in [2.05, 4.69) is 23.4 Å². The molecule has 0 spiro atoms. The summed E-state index contributed by atoms with van der Waals surface area (Å²) in [6, 6.07) is 6.47. The molecular formula is C20H22ClFN2O. The van der Waals surface area contributed by atoms with E-state index in [0.29, 0.717) is 0 Å². The van der Waals surface area contributed by atoms with Crippen molar-refractivity contribution in [2.75, 3.05) is 13.1 Å². The fraction of sp³-hybridized carbons (Fsp3) is 0.350. The lowest BCUT2D eigenvalue weighted by Crippen LogP contribution is -2.31. The van der Waals surface area contributed by atoms with Crippen LogP contribution in [-0.4, -0.2) is 23.0 Å². The van der Waals surface area contributed by atoms with Crippen LogP contribution in [0.3, 0.4) is 0 Å². The van der Waals surface area contributed by atoms with E-state index in [1.54, 1.807) is 24.5 Å². The van der Waals surface area contributed by atoms with Crippen LogP contribution in [0.5, 0.6) is 5.75 Å². The van der Waals surface area contributed by atoms with Crippen molar-refractivity contribution in [3.8, 4) is 5.75 Å². The van der Waals surface area contributed by atoms with Crippen LogP contribution < -0.4 is 4.74 Å². The van der Waals surface area contributed by atoms with Crippen molar-refractivity contribution >= 4 is 17.3 Å². The quantitative estimate of drug-likeness (QED) is 0.736. The molecule has 0 bridgehead atoms. The fourth-order valence-electron chi connectivity index (χ4n) is 2.96. The zero-order valence-electron chi connectivity index (χ0n) is 14.3. The van der Waals surface area contributed by atoms with Crippen LogP contribution in [0.15, 0.2) is 43.2 Å². The highest BCUT2D eigenvalue weighted by Crippen LogP contribution is 2.29. The normalized spacial score (nSPS) is 15.2. The third-order valence-corrected chi connectivity index (χ3v) is 4.89. The minimum atomic E-state index is -0.469. The van der Waals surface area contributed by atoms with E-state index in [9.17, 15) is 4.39 Å². The summed E-state index contributed by atoms with van der Waals surface area (Å²) in [4.78, 5) is 6.58. The maximum atomic E-state index is 13.8. The van der Waals surface area contributed by atoms with Crippen molar-refractivity contribution < 1.29 is 9.13 Å². The summed E-state index contributed by atoms with van der Waals surface area (Å²) in [7, 11) is 0. The average molecular weight is 361 g/mol. The molecule has 3 nitrogen and oxygen atoms in total. The number of likely N-dealkylation sites (tertiary alicyclic amines) is 1. The molecule has 0 saturated carbocycles. The molecule has 0 radical (unpaired) electrons. The van der Waals surface area contributed by atoms with E-state index in [1.165, 1.54) is 18.9 Å². The predicted octanol–water partition coefficient (Wildman–Crippen LogP) is 5.16. The van der Waals surface area contributed by atoms with Crippen LogP contribution in [-0.2, 0) is 6.61 Å².